The summed E-state index contributed by atoms with van der Waals surface area (Å²) in [5, 5.41) is 11.2. The molecule has 5 heteroatoms. The highest BCUT2D eigenvalue weighted by molar-refractivity contribution is 5.67. The second-order valence-corrected chi connectivity index (χ2v) is 2.60. The van der Waals surface area contributed by atoms with E-state index in [1.54, 1.807) is 0 Å². The van der Waals surface area contributed by atoms with Crippen molar-refractivity contribution in [2.75, 3.05) is 19.6 Å². The van der Waals surface area contributed by atoms with E-state index in [1.807, 2.05) is 6.92 Å². The maximum Gasteiger partial charge on any atom is 0.441 e. The van der Waals surface area contributed by atoms with Crippen molar-refractivity contribution in [3.8, 4) is 0 Å². The predicted molar refractivity (Wildman–Crippen MR) is 38.1 cm³/mol. The average Bonchev–Trinajstić information content (AvgIpc) is 2.04. The van der Waals surface area contributed by atoms with Gasteiger partial charge in [-0.1, -0.05) is 0 Å². The Balaban J connectivity index is 2.47. The molecule has 5 nitrogen and oxygen atoms in total. The molecule has 1 rings (SSSR count). The van der Waals surface area contributed by atoms with Gasteiger partial charge in [0.2, 0.25) is 0 Å². The molecule has 0 saturated carbocycles. The minimum Gasteiger partial charge on any atom is -0.313 e. The van der Waals surface area contributed by atoms with Crippen molar-refractivity contribution in [2.24, 2.45) is 0 Å². The van der Waals surface area contributed by atoms with Crippen molar-refractivity contribution in [3.05, 3.63) is 0 Å². The number of amides is 1. The number of rotatable bonds is 0. The largest absolute Gasteiger partial charge is 0.441 e. The van der Waals surface area contributed by atoms with Gasteiger partial charge in [0.15, 0.2) is 0 Å². The summed E-state index contributed by atoms with van der Waals surface area (Å²) in [7, 11) is 0. The SMILES string of the molecule is CC1CNCCN1C(=O)OO. The molecule has 1 saturated heterocycles. The Morgan fingerprint density at radius 2 is 2.55 bits per heavy atom. The number of nitrogens with one attached hydrogen (secondary N) is 1. The summed E-state index contributed by atoms with van der Waals surface area (Å²) in [4.78, 5) is 15.9. The molecule has 11 heavy (non-hydrogen) atoms. The molecular weight excluding hydrogens is 148 g/mol. The monoisotopic (exact) mass is 160 g/mol. The number of hydrogen-bond donors (Lipinski definition) is 2. The van der Waals surface area contributed by atoms with E-state index in [9.17, 15) is 4.79 Å². The van der Waals surface area contributed by atoms with Crippen molar-refractivity contribution in [3.63, 3.8) is 0 Å². The Labute approximate surface area is 64.9 Å². The number of piperazine rings is 1. The van der Waals surface area contributed by atoms with Crippen LogP contribution in [0.4, 0.5) is 4.79 Å². The number of carbonyl (C=O) groups is 1. The van der Waals surface area contributed by atoms with Crippen LogP contribution in [-0.2, 0) is 4.89 Å². The van der Waals surface area contributed by atoms with Gasteiger partial charge in [0.05, 0.1) is 0 Å². The van der Waals surface area contributed by atoms with Crippen LogP contribution < -0.4 is 5.32 Å². The Hall–Kier alpha value is -0.810. The van der Waals surface area contributed by atoms with Crippen molar-refractivity contribution in [1.82, 2.24) is 10.2 Å². The van der Waals surface area contributed by atoms with Gasteiger partial charge in [-0.2, -0.15) is 5.26 Å². The van der Waals surface area contributed by atoms with Crippen LogP contribution in [0, 0.1) is 0 Å². The number of nitrogens with zero attached hydrogens (tertiary/aromatic N) is 1. The maximum absolute atomic E-state index is 10.8. The second-order valence-electron chi connectivity index (χ2n) is 2.60. The van der Waals surface area contributed by atoms with Gasteiger partial charge in [-0.05, 0) is 6.92 Å². The van der Waals surface area contributed by atoms with E-state index < -0.39 is 6.09 Å². The molecule has 0 radical (unpaired) electrons. The zero-order valence-corrected chi connectivity index (χ0v) is 6.41. The molecule has 1 amide bonds. The zero-order chi connectivity index (χ0) is 8.27. The number of carbonyl (C=O) groups excluding carboxylic acids is 1. The van der Waals surface area contributed by atoms with E-state index in [0.717, 1.165) is 13.1 Å². The van der Waals surface area contributed by atoms with Gasteiger partial charge >= 0.3 is 6.09 Å². The lowest BCUT2D eigenvalue weighted by molar-refractivity contribution is -0.190. The second kappa shape index (κ2) is 3.54. The van der Waals surface area contributed by atoms with E-state index >= 15 is 0 Å². The molecule has 1 heterocycles. The Morgan fingerprint density at radius 3 is 3.09 bits per heavy atom. The average molecular weight is 160 g/mol. The van der Waals surface area contributed by atoms with Crippen LogP contribution in [0.5, 0.6) is 0 Å². The molecule has 0 bridgehead atoms. The molecular formula is C6H12N2O3. The lowest BCUT2D eigenvalue weighted by Gasteiger charge is -2.31. The summed E-state index contributed by atoms with van der Waals surface area (Å²) < 4.78 is 0. The van der Waals surface area contributed by atoms with Gasteiger partial charge in [0, 0.05) is 25.7 Å². The fourth-order valence-electron chi connectivity index (χ4n) is 1.16. The minimum atomic E-state index is -0.668. The lowest BCUT2D eigenvalue weighted by atomic mass is 10.2. The highest BCUT2D eigenvalue weighted by Crippen LogP contribution is 2.03. The van der Waals surface area contributed by atoms with E-state index in [2.05, 4.69) is 10.2 Å². The minimum absolute atomic E-state index is 0.0865. The molecule has 1 aliphatic heterocycles. The number of hydrogen-bond acceptors (Lipinski definition) is 4. The summed E-state index contributed by atoms with van der Waals surface area (Å²) in [6.07, 6.45) is -0.668. The summed E-state index contributed by atoms with van der Waals surface area (Å²) in [5.74, 6) is 0. The Morgan fingerprint density at radius 1 is 1.82 bits per heavy atom. The molecule has 64 valence electrons. The normalized spacial score (nSPS) is 24.9. The van der Waals surface area contributed by atoms with Crippen LogP contribution in [0.3, 0.4) is 0 Å². The summed E-state index contributed by atoms with van der Waals surface area (Å²) in [6, 6.07) is 0.0865. The van der Waals surface area contributed by atoms with Gasteiger partial charge in [0.25, 0.3) is 0 Å². The Bertz CT molecular complexity index is 151. The van der Waals surface area contributed by atoms with Gasteiger partial charge in [-0.25, -0.2) is 4.79 Å². The Kier molecular flexibility index (Phi) is 2.67. The molecule has 1 aliphatic rings. The van der Waals surface area contributed by atoms with Crippen LogP contribution in [0.2, 0.25) is 0 Å². The predicted octanol–water partition coefficient (Wildman–Crippen LogP) is -0.110. The molecule has 0 spiro atoms. The van der Waals surface area contributed by atoms with Crippen molar-refractivity contribution in [1.29, 1.82) is 0 Å². The zero-order valence-electron chi connectivity index (χ0n) is 6.41. The van der Waals surface area contributed by atoms with E-state index in [-0.39, 0.29) is 6.04 Å². The van der Waals surface area contributed by atoms with Gasteiger partial charge in [0.1, 0.15) is 0 Å². The van der Waals surface area contributed by atoms with Gasteiger partial charge in [-0.3, -0.25) is 4.89 Å². The van der Waals surface area contributed by atoms with Crippen LogP contribution >= 0.6 is 0 Å². The highest BCUT2D eigenvalue weighted by atomic mass is 17.1. The third kappa shape index (κ3) is 1.81. The highest BCUT2D eigenvalue weighted by Gasteiger charge is 2.23. The first-order valence-electron chi connectivity index (χ1n) is 3.58. The van der Waals surface area contributed by atoms with Crippen LogP contribution in [0.1, 0.15) is 6.92 Å². The quantitative estimate of drug-likeness (QED) is 0.383. The molecule has 0 aromatic carbocycles. The smallest absolute Gasteiger partial charge is 0.313 e. The van der Waals surface area contributed by atoms with Crippen molar-refractivity contribution in [2.45, 2.75) is 13.0 Å². The molecule has 2 N–H and O–H groups in total. The summed E-state index contributed by atoms with van der Waals surface area (Å²) >= 11 is 0. The summed E-state index contributed by atoms with van der Waals surface area (Å²) in [5.41, 5.74) is 0. The lowest BCUT2D eigenvalue weighted by Crippen LogP contribution is -2.52. The van der Waals surface area contributed by atoms with Gasteiger partial charge < -0.3 is 10.2 Å². The topological polar surface area (TPSA) is 61.8 Å². The maximum atomic E-state index is 10.8. The van der Waals surface area contributed by atoms with E-state index in [0.29, 0.717) is 6.54 Å². The molecule has 1 unspecified atom stereocenters. The first-order chi connectivity index (χ1) is 5.25. The third-order valence-corrected chi connectivity index (χ3v) is 1.81. The van der Waals surface area contributed by atoms with E-state index in [4.69, 9.17) is 5.26 Å². The first-order valence-corrected chi connectivity index (χ1v) is 3.58. The first kappa shape index (κ1) is 8.29. The van der Waals surface area contributed by atoms with Gasteiger partial charge in [-0.15, -0.1) is 0 Å². The van der Waals surface area contributed by atoms with Crippen LogP contribution in [-0.4, -0.2) is 41.9 Å². The van der Waals surface area contributed by atoms with E-state index in [1.165, 1.54) is 4.90 Å². The fourth-order valence-corrected chi connectivity index (χ4v) is 1.16. The molecule has 0 aromatic heterocycles. The molecule has 1 fully saturated rings. The fraction of sp³-hybridized carbons (Fsp3) is 0.833. The molecule has 0 aliphatic carbocycles. The third-order valence-electron chi connectivity index (χ3n) is 1.81. The van der Waals surface area contributed by atoms with Crippen molar-refractivity contribution < 1.29 is 14.9 Å². The van der Waals surface area contributed by atoms with Crippen LogP contribution in [0.15, 0.2) is 0 Å². The molecule has 1 atom stereocenters. The molecule has 0 aromatic rings. The van der Waals surface area contributed by atoms with Crippen LogP contribution in [0.25, 0.3) is 0 Å². The standard InChI is InChI=1S/C6H12N2O3/c1-5-4-7-2-3-8(5)6(9)11-10/h5,7,10H,2-4H2,1H3. The van der Waals surface area contributed by atoms with Crippen molar-refractivity contribution >= 4 is 6.09 Å². The summed E-state index contributed by atoms with van der Waals surface area (Å²) in [6.45, 7) is 3.97.